The molecule has 8 bridgehead atoms. The second kappa shape index (κ2) is 18.1. The predicted molar refractivity (Wildman–Crippen MR) is 206 cm³/mol. The number of rotatable bonds is 0. The molecule has 3 aliphatic rings. The highest BCUT2D eigenvalue weighted by molar-refractivity contribution is 5.94. The molecule has 3 heterocycles. The number of aromatic hydroxyl groups is 3. The van der Waals surface area contributed by atoms with Crippen LogP contribution < -0.4 is 0 Å². The Kier molecular flexibility index (Phi) is 13.2. The number of hydrogen-bond acceptors (Lipinski definition) is 11. The summed E-state index contributed by atoms with van der Waals surface area (Å²) in [4.78, 5) is 32.5. The molecule has 3 aromatic rings. The van der Waals surface area contributed by atoms with Crippen LogP contribution in [0.15, 0.2) is 66.4 Å². The van der Waals surface area contributed by atoms with E-state index in [0.29, 0.717) is 112 Å². The average Bonchev–Trinajstić information content (AvgIpc) is 3.08. The molecular weight excluding hydrogens is 628 g/mol. The molecule has 3 N–H and O–H groups in total. The van der Waals surface area contributed by atoms with Crippen LogP contribution in [0.1, 0.15) is 50.1 Å². The van der Waals surface area contributed by atoms with E-state index in [0.717, 1.165) is 16.7 Å². The molecule has 0 aliphatic carbocycles. The van der Waals surface area contributed by atoms with Gasteiger partial charge in [-0.15, -0.1) is 0 Å². The topological polar surface area (TPSA) is 141 Å². The second-order valence-corrected chi connectivity index (χ2v) is 12.8. The number of phenols is 3. The summed E-state index contributed by atoms with van der Waals surface area (Å²) in [5.41, 5.74) is 6.98. The first-order valence-corrected chi connectivity index (χ1v) is 17.2. The van der Waals surface area contributed by atoms with Gasteiger partial charge in [-0.25, -0.2) is 0 Å². The van der Waals surface area contributed by atoms with Gasteiger partial charge in [-0.2, -0.15) is 0 Å². The zero-order valence-electron chi connectivity index (χ0n) is 29.3. The van der Waals surface area contributed by atoms with Gasteiger partial charge >= 0.3 is 0 Å². The first-order valence-electron chi connectivity index (χ1n) is 17.2. The van der Waals surface area contributed by atoms with Crippen LogP contribution >= 0.6 is 0 Å². The first-order chi connectivity index (χ1) is 24.3. The average molecular weight is 677 g/mol. The normalized spacial score (nSPS) is 19.5. The molecule has 6 rings (SSSR count). The highest BCUT2D eigenvalue weighted by atomic mass is 16.3. The monoisotopic (exact) mass is 676 g/mol. The highest BCUT2D eigenvalue weighted by Crippen LogP contribution is 2.24. The van der Waals surface area contributed by atoms with E-state index in [2.05, 4.69) is 39.8 Å². The van der Waals surface area contributed by atoms with Crippen molar-refractivity contribution in [3.05, 3.63) is 86.5 Å². The van der Waals surface area contributed by atoms with E-state index in [1.807, 2.05) is 57.2 Å². The molecule has 0 radical (unpaired) electrons. The third-order valence-corrected chi connectivity index (χ3v) is 8.59. The van der Waals surface area contributed by atoms with Crippen LogP contribution in [-0.4, -0.2) is 141 Å². The Morgan fingerprint density at radius 3 is 0.720 bits per heavy atom. The van der Waals surface area contributed by atoms with Gasteiger partial charge in [0.05, 0.1) is 39.3 Å². The molecule has 50 heavy (non-hydrogen) atoms. The number of hydrogen-bond donors (Lipinski definition) is 3. The van der Waals surface area contributed by atoms with Gasteiger partial charge in [-0.05, 0) is 73.9 Å². The van der Waals surface area contributed by atoms with Crippen molar-refractivity contribution in [1.29, 1.82) is 0 Å². The van der Waals surface area contributed by atoms with Crippen LogP contribution in [0, 0.1) is 20.8 Å². The van der Waals surface area contributed by atoms with Crippen molar-refractivity contribution < 1.29 is 15.3 Å². The minimum absolute atomic E-state index is 0.163. The molecule has 11 heteroatoms. The van der Waals surface area contributed by atoms with Gasteiger partial charge in [0.2, 0.25) is 0 Å². The molecule has 3 aliphatic heterocycles. The van der Waals surface area contributed by atoms with Crippen molar-refractivity contribution in [2.24, 2.45) is 30.0 Å². The van der Waals surface area contributed by atoms with Crippen LogP contribution in [0.3, 0.4) is 0 Å². The van der Waals surface area contributed by atoms with E-state index in [-0.39, 0.29) is 17.2 Å². The van der Waals surface area contributed by atoms with E-state index in [1.165, 1.54) is 0 Å². The number of nitrogens with zero attached hydrogens (tertiary/aromatic N) is 8. The van der Waals surface area contributed by atoms with Crippen molar-refractivity contribution in [3.8, 4) is 17.2 Å². The molecular formula is C39H48N8O3. The van der Waals surface area contributed by atoms with Gasteiger partial charge in [-0.3, -0.25) is 39.8 Å². The lowest BCUT2D eigenvalue weighted by atomic mass is 10.1. The molecule has 0 spiro atoms. The highest BCUT2D eigenvalue weighted by Gasteiger charge is 2.11. The third-order valence-electron chi connectivity index (χ3n) is 8.59. The number of aliphatic imine (C=N–C) groups is 6. The quantitative estimate of drug-likeness (QED) is 0.326. The third kappa shape index (κ3) is 10.5. The largest absolute Gasteiger partial charge is 0.507 e. The molecule has 0 unspecified atom stereocenters. The van der Waals surface area contributed by atoms with Crippen molar-refractivity contribution >= 4 is 37.3 Å². The number of benzene rings is 3. The fraction of sp³-hybridized carbons (Fsp3) is 0.385. The van der Waals surface area contributed by atoms with E-state index >= 15 is 0 Å². The van der Waals surface area contributed by atoms with Gasteiger partial charge in [0.25, 0.3) is 0 Å². The molecule has 0 amide bonds. The summed E-state index contributed by atoms with van der Waals surface area (Å²) in [6.45, 7) is 13.0. The Morgan fingerprint density at radius 1 is 0.360 bits per heavy atom. The molecule has 0 fully saturated rings. The maximum Gasteiger partial charge on any atom is 0.133 e. The van der Waals surface area contributed by atoms with Crippen molar-refractivity contribution in [2.45, 2.75) is 20.8 Å². The van der Waals surface area contributed by atoms with Crippen molar-refractivity contribution in [1.82, 2.24) is 9.80 Å². The summed E-state index contributed by atoms with van der Waals surface area (Å²) in [7, 11) is 0. The maximum atomic E-state index is 11.0. The SMILES string of the molecule is Cc1cc2c(O)c(c1)C=NCCN1CCN=Cc3cc(C)cc(c3O)C=NCCN(CCN=C2)CCN=Cc2cc(C)cc(c2O)C=NCC1. The molecule has 3 aromatic carbocycles. The Balaban J connectivity index is 1.51. The summed E-state index contributed by atoms with van der Waals surface area (Å²) < 4.78 is 0. The van der Waals surface area contributed by atoms with Crippen LogP contribution in [0.2, 0.25) is 0 Å². The summed E-state index contributed by atoms with van der Waals surface area (Å²) in [6.07, 6.45) is 10.4. The van der Waals surface area contributed by atoms with Gasteiger partial charge in [0.15, 0.2) is 0 Å². The van der Waals surface area contributed by atoms with Gasteiger partial charge in [0.1, 0.15) is 17.2 Å². The van der Waals surface area contributed by atoms with E-state index in [9.17, 15) is 15.3 Å². The lowest BCUT2D eigenvalue weighted by molar-refractivity contribution is 0.298. The molecule has 0 saturated heterocycles. The summed E-state index contributed by atoms with van der Waals surface area (Å²) in [5.74, 6) is 0.490. The molecule has 0 saturated carbocycles. The Bertz CT molecular complexity index is 1490. The van der Waals surface area contributed by atoms with Crippen molar-refractivity contribution in [3.63, 3.8) is 0 Å². The summed E-state index contributed by atoms with van der Waals surface area (Å²) >= 11 is 0. The minimum atomic E-state index is 0.163. The van der Waals surface area contributed by atoms with Gasteiger partial charge < -0.3 is 15.3 Å². The molecule has 0 aromatic heterocycles. The minimum Gasteiger partial charge on any atom is -0.507 e. The first kappa shape index (κ1) is 36.3. The van der Waals surface area contributed by atoms with E-state index in [4.69, 9.17) is 0 Å². The Labute approximate surface area is 294 Å². The van der Waals surface area contributed by atoms with Crippen LogP contribution in [0.5, 0.6) is 17.2 Å². The molecule has 0 atom stereocenters. The predicted octanol–water partition coefficient (Wildman–Crippen LogP) is 4.27. The fourth-order valence-electron chi connectivity index (χ4n) is 5.94. The van der Waals surface area contributed by atoms with Crippen molar-refractivity contribution in [2.75, 3.05) is 78.5 Å². The number of aryl methyl sites for hydroxylation is 3. The number of phenolic OH excluding ortho intramolecular Hbond substituents is 3. The Morgan fingerprint density at radius 2 is 0.540 bits per heavy atom. The fourth-order valence-corrected chi connectivity index (χ4v) is 5.94. The molecule has 11 nitrogen and oxygen atoms in total. The van der Waals surface area contributed by atoms with E-state index in [1.54, 1.807) is 37.3 Å². The van der Waals surface area contributed by atoms with Crippen LogP contribution in [0.25, 0.3) is 0 Å². The summed E-state index contributed by atoms with van der Waals surface area (Å²) in [5, 5.41) is 33.1. The molecule has 262 valence electrons. The van der Waals surface area contributed by atoms with Crippen LogP contribution in [0.4, 0.5) is 0 Å². The lowest BCUT2D eigenvalue weighted by Crippen LogP contribution is -2.31. The zero-order chi connectivity index (χ0) is 35.3. The van der Waals surface area contributed by atoms with E-state index < -0.39 is 0 Å². The zero-order valence-corrected chi connectivity index (χ0v) is 29.3. The number of fused-ring (bicyclic) bond motifs is 12. The summed E-state index contributed by atoms with van der Waals surface area (Å²) in [6, 6.07) is 11.5. The smallest absolute Gasteiger partial charge is 0.133 e. The van der Waals surface area contributed by atoms with Crippen LogP contribution in [-0.2, 0) is 0 Å². The Hall–Kier alpha value is -5.00. The maximum absolute atomic E-state index is 11.0. The lowest BCUT2D eigenvalue weighted by Gasteiger charge is -2.20. The van der Waals surface area contributed by atoms with Gasteiger partial charge in [0, 0.05) is 110 Å². The second-order valence-electron chi connectivity index (χ2n) is 12.8. The standard InChI is InChI=1S/C39H48N8O3/c1-28-16-31-22-40-4-10-46-12-6-42-24-33-18-29(2)19-34(38(33)49)25-43-7-13-47(11-5-41-23-32(17-28)37(31)48)15-9-45-27-36-21-30(3)20-35(39(36)50)26-44-8-14-46/h16-27,48-50H,4-15H2,1-3H3. The van der Waals surface area contributed by atoms with Gasteiger partial charge in [-0.1, -0.05) is 0 Å².